The number of nitrogens with zero attached hydrogens (tertiary/aromatic N) is 5. The summed E-state index contributed by atoms with van der Waals surface area (Å²) in [6.07, 6.45) is 9.74. The average molecular weight is 640 g/mol. The molecule has 2 N–H and O–H groups in total. The first-order chi connectivity index (χ1) is 22.5. The largest absolute Gasteiger partial charge is 0.508 e. The van der Waals surface area contributed by atoms with E-state index in [0.29, 0.717) is 55.4 Å². The van der Waals surface area contributed by atoms with E-state index >= 15 is 4.39 Å². The number of anilines is 1. The van der Waals surface area contributed by atoms with Gasteiger partial charge in [0.1, 0.15) is 24.0 Å². The number of aromatic nitrogens is 2. The molecule has 1 aromatic heterocycles. The van der Waals surface area contributed by atoms with E-state index in [9.17, 15) is 10.2 Å². The molecule has 47 heavy (non-hydrogen) atoms. The van der Waals surface area contributed by atoms with E-state index < -0.39 is 5.60 Å². The second-order valence-corrected chi connectivity index (χ2v) is 14.3. The maximum absolute atomic E-state index is 15.3. The second-order valence-electron chi connectivity index (χ2n) is 14.3. The van der Waals surface area contributed by atoms with Crippen LogP contribution in [0.4, 0.5) is 10.2 Å². The molecule has 4 heterocycles. The number of β-amino-alcohol motifs (C(OH)–C–C–N with tert-alkyl or cyclic N) is 1. The number of benzene rings is 2. The van der Waals surface area contributed by atoms with Gasteiger partial charge in [-0.05, 0) is 125 Å². The first-order valence-electron chi connectivity index (χ1n) is 17.2. The molecule has 1 unspecified atom stereocenters. The van der Waals surface area contributed by atoms with Crippen LogP contribution in [-0.2, 0) is 6.42 Å². The minimum absolute atomic E-state index is 0.0322. The molecule has 0 spiro atoms. The number of aryl methyl sites for hydroxylation is 1. The number of hydrogen-bond acceptors (Lipinski definition) is 8. The number of phenolic OH excluding ortho intramolecular Hbond substituents is 1. The van der Waals surface area contributed by atoms with E-state index in [1.54, 1.807) is 18.2 Å². The van der Waals surface area contributed by atoms with Gasteiger partial charge in [-0.2, -0.15) is 9.97 Å². The number of rotatable bonds is 7. The predicted octanol–water partition coefficient (Wildman–Crippen LogP) is 6.81. The fraction of sp³-hybridized carbons (Fsp3) is 0.500. The molecule has 7 rings (SSSR count). The summed E-state index contributed by atoms with van der Waals surface area (Å²) < 4.78 is 21.8. The van der Waals surface area contributed by atoms with Gasteiger partial charge in [-0.1, -0.05) is 19.1 Å². The summed E-state index contributed by atoms with van der Waals surface area (Å²) in [6.45, 7) is 13.7. The number of ether oxygens (including phenoxy) is 1. The highest BCUT2D eigenvalue weighted by atomic mass is 19.1. The number of fused-ring (bicyclic) bond motifs is 3. The molecular weight excluding hydrogens is 593 g/mol. The van der Waals surface area contributed by atoms with Gasteiger partial charge in [-0.15, -0.1) is 0 Å². The smallest absolute Gasteiger partial charge is 0.319 e. The number of allylic oxidation sites excluding steroid dienone is 3. The molecule has 0 bridgehead atoms. The lowest BCUT2D eigenvalue weighted by atomic mass is 9.82. The molecule has 3 aliphatic heterocycles. The van der Waals surface area contributed by atoms with Crippen LogP contribution < -0.4 is 9.64 Å². The zero-order valence-electron chi connectivity index (χ0n) is 28.2. The Bertz CT molecular complexity index is 1820. The Morgan fingerprint density at radius 1 is 1.11 bits per heavy atom. The van der Waals surface area contributed by atoms with E-state index in [1.807, 2.05) is 46.8 Å². The molecule has 248 valence electrons. The van der Waals surface area contributed by atoms with E-state index in [1.165, 1.54) is 18.9 Å². The molecular formula is C38H46FN5O3. The van der Waals surface area contributed by atoms with Crippen LogP contribution in [0.5, 0.6) is 11.8 Å². The van der Waals surface area contributed by atoms with Crippen molar-refractivity contribution in [2.75, 3.05) is 37.7 Å². The van der Waals surface area contributed by atoms with Gasteiger partial charge >= 0.3 is 6.01 Å². The zero-order chi connectivity index (χ0) is 33.1. The molecule has 4 aliphatic rings. The third-order valence-corrected chi connectivity index (χ3v) is 10.5. The monoisotopic (exact) mass is 639 g/mol. The Labute approximate surface area is 276 Å². The molecule has 0 saturated carbocycles. The summed E-state index contributed by atoms with van der Waals surface area (Å²) in [4.78, 5) is 20.0. The molecule has 1 atom stereocenters. The molecule has 3 saturated heterocycles. The molecule has 8 nitrogen and oxygen atoms in total. The van der Waals surface area contributed by atoms with E-state index in [4.69, 9.17) is 19.7 Å². The summed E-state index contributed by atoms with van der Waals surface area (Å²) >= 11 is 0. The van der Waals surface area contributed by atoms with Crippen molar-refractivity contribution < 1.29 is 19.3 Å². The number of aliphatic hydroxyl groups is 1. The fourth-order valence-corrected chi connectivity index (χ4v) is 8.30. The van der Waals surface area contributed by atoms with E-state index in [0.717, 1.165) is 64.9 Å². The van der Waals surface area contributed by atoms with Crippen LogP contribution in [0.15, 0.2) is 35.3 Å². The van der Waals surface area contributed by atoms with Gasteiger partial charge in [0.15, 0.2) is 0 Å². The lowest BCUT2D eigenvalue weighted by Crippen LogP contribution is -2.43. The van der Waals surface area contributed by atoms with Crippen molar-refractivity contribution in [2.24, 2.45) is 4.99 Å². The van der Waals surface area contributed by atoms with Crippen molar-refractivity contribution in [1.82, 2.24) is 14.9 Å². The van der Waals surface area contributed by atoms with Crippen LogP contribution in [0.1, 0.15) is 89.1 Å². The Hall–Kier alpha value is -3.82. The Morgan fingerprint density at radius 2 is 1.87 bits per heavy atom. The molecule has 9 heteroatoms. The van der Waals surface area contributed by atoms with Gasteiger partial charge in [-0.25, -0.2) is 4.39 Å². The van der Waals surface area contributed by atoms with Gasteiger partial charge in [0, 0.05) is 30.3 Å². The highest BCUT2D eigenvalue weighted by Crippen LogP contribution is 2.45. The highest BCUT2D eigenvalue weighted by molar-refractivity contribution is 6.50. The predicted molar refractivity (Wildman–Crippen MR) is 187 cm³/mol. The van der Waals surface area contributed by atoms with E-state index in [2.05, 4.69) is 9.80 Å². The molecule has 1 aliphatic carbocycles. The topological polar surface area (TPSA) is 94.3 Å². The number of aromatic hydroxyl groups is 1. The number of aliphatic imine (C=N–C) groups is 1. The average Bonchev–Trinajstić information content (AvgIpc) is 3.72. The van der Waals surface area contributed by atoms with Crippen molar-refractivity contribution in [3.63, 3.8) is 0 Å². The summed E-state index contributed by atoms with van der Waals surface area (Å²) in [5, 5.41) is 23.5. The zero-order valence-corrected chi connectivity index (χ0v) is 28.2. The number of phenols is 1. The SMILES string of the molecule is C/C=C1\C(=NC(C)C)C(c2cc(O)cc3ccc(F)c(CC)c23)=Cc2nc(OCC34CCCN3CCC4)nc(N3CCC(C)(O)C3)c21. The third-order valence-electron chi connectivity index (χ3n) is 10.5. The lowest BCUT2D eigenvalue weighted by Gasteiger charge is -2.32. The summed E-state index contributed by atoms with van der Waals surface area (Å²) in [6, 6.07) is 6.86. The number of halogens is 1. The standard InChI is InChI=1S/C38H46FN5O3/c1-6-26-30(39)11-10-24-18-25(45)19-28(32(24)26)29-20-31-33(27(7-2)34(29)40-23(3)4)35(43-17-14-37(5,46)21-43)42-36(41-31)47-22-38-12-8-15-44(38)16-9-13-38/h7,10-11,18-20,23,45-46H,6,8-9,12-17,21-22H2,1-5H3/b27-7-,40-34?. The van der Waals surface area contributed by atoms with Crippen LogP contribution in [0.3, 0.4) is 0 Å². The maximum atomic E-state index is 15.3. The van der Waals surface area contributed by atoms with Crippen LogP contribution in [0, 0.1) is 5.82 Å². The first kappa shape index (κ1) is 31.8. The Balaban J connectivity index is 1.45. The highest BCUT2D eigenvalue weighted by Gasteiger charge is 2.45. The summed E-state index contributed by atoms with van der Waals surface area (Å²) in [7, 11) is 0. The molecule has 0 amide bonds. The maximum Gasteiger partial charge on any atom is 0.319 e. The van der Waals surface area contributed by atoms with Crippen molar-refractivity contribution in [1.29, 1.82) is 0 Å². The molecule has 2 aromatic carbocycles. The third kappa shape index (κ3) is 5.61. The van der Waals surface area contributed by atoms with Crippen molar-refractivity contribution in [3.05, 3.63) is 58.5 Å². The van der Waals surface area contributed by atoms with Gasteiger partial charge in [0.05, 0.1) is 28.1 Å². The summed E-state index contributed by atoms with van der Waals surface area (Å²) in [5.74, 6) is 0.546. The first-order valence-corrected chi connectivity index (χ1v) is 17.2. The van der Waals surface area contributed by atoms with Gasteiger partial charge < -0.3 is 19.8 Å². The lowest BCUT2D eigenvalue weighted by molar-refractivity contribution is 0.0838. The summed E-state index contributed by atoms with van der Waals surface area (Å²) in [5.41, 5.74) is 4.39. The van der Waals surface area contributed by atoms with Gasteiger partial charge in [-0.3, -0.25) is 9.89 Å². The van der Waals surface area contributed by atoms with Crippen molar-refractivity contribution in [3.8, 4) is 11.8 Å². The van der Waals surface area contributed by atoms with Gasteiger partial charge in [0.25, 0.3) is 0 Å². The quantitative estimate of drug-likeness (QED) is 0.293. The van der Waals surface area contributed by atoms with Crippen LogP contribution in [0.25, 0.3) is 28.0 Å². The van der Waals surface area contributed by atoms with Crippen molar-refractivity contribution in [2.45, 2.75) is 90.3 Å². The second kappa shape index (κ2) is 12.0. The van der Waals surface area contributed by atoms with Crippen molar-refractivity contribution >= 4 is 39.5 Å². The fourth-order valence-electron chi connectivity index (χ4n) is 8.30. The minimum atomic E-state index is -0.840. The minimum Gasteiger partial charge on any atom is -0.508 e. The van der Waals surface area contributed by atoms with E-state index in [-0.39, 0.29) is 23.1 Å². The van der Waals surface area contributed by atoms with Crippen LogP contribution in [-0.4, -0.2) is 80.8 Å². The van der Waals surface area contributed by atoms with Crippen LogP contribution >= 0.6 is 0 Å². The molecule has 3 aromatic rings. The Kier molecular flexibility index (Phi) is 8.12. The number of hydrogen-bond donors (Lipinski definition) is 2. The Morgan fingerprint density at radius 3 is 2.53 bits per heavy atom. The molecule has 3 fully saturated rings. The molecule has 0 radical (unpaired) electrons. The van der Waals surface area contributed by atoms with Gasteiger partial charge in [0.2, 0.25) is 0 Å². The van der Waals surface area contributed by atoms with Crippen LogP contribution in [0.2, 0.25) is 0 Å². The normalized spacial score (nSPS) is 24.1.